The summed E-state index contributed by atoms with van der Waals surface area (Å²) in [5, 5.41) is 0.480. The molecule has 0 aliphatic heterocycles. The van der Waals surface area contributed by atoms with Gasteiger partial charge in [-0.3, -0.25) is 4.79 Å². The highest BCUT2D eigenvalue weighted by Crippen LogP contribution is 2.38. The highest BCUT2D eigenvalue weighted by atomic mass is 32.2. The number of benzene rings is 2. The first kappa shape index (κ1) is 18.1. The third-order valence-electron chi connectivity index (χ3n) is 4.69. The van der Waals surface area contributed by atoms with E-state index in [2.05, 4.69) is 49.1 Å². The lowest BCUT2D eigenvalue weighted by Crippen LogP contribution is -2.45. The molecule has 1 amide bonds. The van der Waals surface area contributed by atoms with Crippen molar-refractivity contribution in [2.75, 3.05) is 6.54 Å². The fourth-order valence-corrected chi connectivity index (χ4v) is 4.97. The van der Waals surface area contributed by atoms with E-state index in [1.54, 1.807) is 0 Å². The lowest BCUT2D eigenvalue weighted by Gasteiger charge is -2.34. The highest BCUT2D eigenvalue weighted by molar-refractivity contribution is 8.00. The second-order valence-corrected chi connectivity index (χ2v) is 8.50. The third-order valence-corrected chi connectivity index (χ3v) is 6.09. The van der Waals surface area contributed by atoms with Gasteiger partial charge in [0.25, 0.3) is 5.91 Å². The van der Waals surface area contributed by atoms with Crippen molar-refractivity contribution in [1.29, 1.82) is 0 Å². The van der Waals surface area contributed by atoms with Crippen molar-refractivity contribution in [2.45, 2.75) is 49.3 Å². The Hall–Kier alpha value is -1.74. The first-order valence-electron chi connectivity index (χ1n) is 9.23. The number of hydrogen-bond donors (Lipinski definition) is 0. The van der Waals surface area contributed by atoms with Crippen LogP contribution in [0.5, 0.6) is 0 Å². The Labute approximate surface area is 155 Å². The van der Waals surface area contributed by atoms with Crippen LogP contribution in [-0.2, 0) is 0 Å². The summed E-state index contributed by atoms with van der Waals surface area (Å²) in [4.78, 5) is 16.6. The van der Waals surface area contributed by atoms with E-state index in [1.807, 2.05) is 42.1 Å². The predicted octanol–water partition coefficient (Wildman–Crippen LogP) is 5.50. The van der Waals surface area contributed by atoms with E-state index in [0.29, 0.717) is 17.2 Å². The van der Waals surface area contributed by atoms with Gasteiger partial charge in [0.1, 0.15) is 0 Å². The maximum atomic E-state index is 13.2. The predicted molar refractivity (Wildman–Crippen MR) is 106 cm³/mol. The molecule has 0 aromatic heterocycles. The van der Waals surface area contributed by atoms with Gasteiger partial charge < -0.3 is 4.90 Å². The van der Waals surface area contributed by atoms with Crippen LogP contribution < -0.4 is 0 Å². The normalized spacial score (nSPS) is 20.0. The van der Waals surface area contributed by atoms with Gasteiger partial charge in [0, 0.05) is 28.3 Å². The van der Waals surface area contributed by atoms with Gasteiger partial charge in [-0.25, -0.2) is 0 Å². The van der Waals surface area contributed by atoms with Crippen LogP contribution in [-0.4, -0.2) is 28.6 Å². The minimum absolute atomic E-state index is 0.180. The van der Waals surface area contributed by atoms with E-state index in [0.717, 1.165) is 18.5 Å². The van der Waals surface area contributed by atoms with E-state index in [-0.39, 0.29) is 5.91 Å². The maximum Gasteiger partial charge on any atom is 0.254 e. The molecule has 2 nitrogen and oxygen atoms in total. The van der Waals surface area contributed by atoms with Crippen LogP contribution in [0, 0.1) is 5.92 Å². The largest absolute Gasteiger partial charge is 0.334 e. The summed E-state index contributed by atoms with van der Waals surface area (Å²) in [6.07, 6.45) is 3.49. The van der Waals surface area contributed by atoms with Gasteiger partial charge >= 0.3 is 0 Å². The van der Waals surface area contributed by atoms with Crippen LogP contribution in [0.1, 0.15) is 43.5 Å². The molecule has 0 bridgehead atoms. The Morgan fingerprint density at radius 2 is 1.68 bits per heavy atom. The van der Waals surface area contributed by atoms with Gasteiger partial charge in [0.15, 0.2) is 0 Å². The highest BCUT2D eigenvalue weighted by Gasteiger charge is 2.35. The Morgan fingerprint density at radius 1 is 1.04 bits per heavy atom. The zero-order valence-electron chi connectivity index (χ0n) is 15.1. The molecule has 3 heteroatoms. The van der Waals surface area contributed by atoms with E-state index >= 15 is 0 Å². The summed E-state index contributed by atoms with van der Waals surface area (Å²) in [6.45, 7) is 5.21. The Morgan fingerprint density at radius 3 is 2.32 bits per heavy atom. The van der Waals surface area contributed by atoms with Crippen molar-refractivity contribution < 1.29 is 4.79 Å². The summed E-state index contributed by atoms with van der Waals surface area (Å²) >= 11 is 1.93. The van der Waals surface area contributed by atoms with Crippen LogP contribution in [0.2, 0.25) is 0 Å². The summed E-state index contributed by atoms with van der Waals surface area (Å²) in [7, 11) is 0. The van der Waals surface area contributed by atoms with Gasteiger partial charge in [-0.1, -0.05) is 56.7 Å². The Bertz CT molecular complexity index is 671. The number of carbonyl (C=O) groups is 1. The quantitative estimate of drug-likeness (QED) is 0.683. The van der Waals surface area contributed by atoms with E-state index < -0.39 is 0 Å². The maximum absolute atomic E-state index is 13.2. The van der Waals surface area contributed by atoms with Crippen molar-refractivity contribution in [2.24, 2.45) is 5.92 Å². The van der Waals surface area contributed by atoms with Gasteiger partial charge in [-0.05, 0) is 43.0 Å². The Balaban J connectivity index is 1.80. The molecule has 2 aromatic carbocycles. The summed E-state index contributed by atoms with van der Waals surface area (Å²) in [5.74, 6) is 0.649. The SMILES string of the molecule is CC(C)CN(C(=O)c1ccccc1)[C@@H]1CCC[C@H]1Sc1ccccc1. The van der Waals surface area contributed by atoms with Crippen LogP contribution in [0.25, 0.3) is 0 Å². The molecule has 132 valence electrons. The van der Waals surface area contributed by atoms with Crippen LogP contribution in [0.15, 0.2) is 65.6 Å². The van der Waals surface area contributed by atoms with E-state index in [4.69, 9.17) is 0 Å². The smallest absolute Gasteiger partial charge is 0.254 e. The average Bonchev–Trinajstić information content (AvgIpc) is 3.08. The van der Waals surface area contributed by atoms with Crippen molar-refractivity contribution in [1.82, 2.24) is 4.90 Å². The van der Waals surface area contributed by atoms with Gasteiger partial charge in [-0.2, -0.15) is 0 Å². The fraction of sp³-hybridized carbons (Fsp3) is 0.409. The lowest BCUT2D eigenvalue weighted by atomic mass is 10.1. The zero-order chi connectivity index (χ0) is 17.6. The lowest BCUT2D eigenvalue weighted by molar-refractivity contribution is 0.0660. The van der Waals surface area contributed by atoms with Gasteiger partial charge in [0.05, 0.1) is 0 Å². The minimum atomic E-state index is 0.180. The molecule has 1 aliphatic rings. The molecule has 2 aromatic rings. The summed E-state index contributed by atoms with van der Waals surface area (Å²) in [5.41, 5.74) is 0.804. The second-order valence-electron chi connectivity index (χ2n) is 7.18. The molecule has 2 atom stereocenters. The molecule has 0 heterocycles. The zero-order valence-corrected chi connectivity index (χ0v) is 15.9. The number of nitrogens with zero attached hydrogens (tertiary/aromatic N) is 1. The van der Waals surface area contributed by atoms with Gasteiger partial charge in [-0.15, -0.1) is 11.8 Å². The number of amides is 1. The fourth-order valence-electron chi connectivity index (χ4n) is 3.58. The van der Waals surface area contributed by atoms with E-state index in [9.17, 15) is 4.79 Å². The molecule has 0 spiro atoms. The number of hydrogen-bond acceptors (Lipinski definition) is 2. The van der Waals surface area contributed by atoms with Crippen molar-refractivity contribution in [3.63, 3.8) is 0 Å². The molecule has 25 heavy (non-hydrogen) atoms. The molecule has 1 aliphatic carbocycles. The first-order chi connectivity index (χ1) is 12.1. The van der Waals surface area contributed by atoms with Crippen molar-refractivity contribution in [3.8, 4) is 0 Å². The molecule has 0 unspecified atom stereocenters. The van der Waals surface area contributed by atoms with Crippen molar-refractivity contribution in [3.05, 3.63) is 66.2 Å². The molecule has 1 fully saturated rings. The molecule has 3 rings (SSSR count). The standard InChI is InChI=1S/C22H27NOS/c1-17(2)16-23(22(24)18-10-5-3-6-11-18)20-14-9-15-21(20)25-19-12-7-4-8-13-19/h3-8,10-13,17,20-21H,9,14-16H2,1-2H3/t20-,21-/m1/s1. The molecule has 0 radical (unpaired) electrons. The molecule has 1 saturated carbocycles. The van der Waals surface area contributed by atoms with Crippen molar-refractivity contribution >= 4 is 17.7 Å². The van der Waals surface area contributed by atoms with E-state index in [1.165, 1.54) is 17.7 Å². The molecule has 0 saturated heterocycles. The van der Waals surface area contributed by atoms with Crippen LogP contribution in [0.3, 0.4) is 0 Å². The number of carbonyl (C=O) groups excluding carboxylic acids is 1. The third kappa shape index (κ3) is 4.66. The molecular formula is C22H27NOS. The topological polar surface area (TPSA) is 20.3 Å². The monoisotopic (exact) mass is 353 g/mol. The van der Waals surface area contributed by atoms with Crippen LogP contribution in [0.4, 0.5) is 0 Å². The van der Waals surface area contributed by atoms with Gasteiger partial charge in [0.2, 0.25) is 0 Å². The Kier molecular flexibility index (Phi) is 6.19. The first-order valence-corrected chi connectivity index (χ1v) is 10.1. The number of rotatable bonds is 6. The molecule has 0 N–H and O–H groups in total. The number of thioether (sulfide) groups is 1. The summed E-state index contributed by atoms with van der Waals surface area (Å²) in [6, 6.07) is 20.6. The average molecular weight is 354 g/mol. The molecular weight excluding hydrogens is 326 g/mol. The minimum Gasteiger partial charge on any atom is -0.334 e. The second kappa shape index (κ2) is 8.57. The van der Waals surface area contributed by atoms with Crippen LogP contribution >= 0.6 is 11.8 Å². The summed E-state index contributed by atoms with van der Waals surface area (Å²) < 4.78 is 0.